The summed E-state index contributed by atoms with van der Waals surface area (Å²) in [6, 6.07) is 24.4. The molecule has 0 bridgehead atoms. The highest BCUT2D eigenvalue weighted by Crippen LogP contribution is 2.36. The summed E-state index contributed by atoms with van der Waals surface area (Å²) in [5.74, 6) is -0.0760. The first kappa shape index (κ1) is 20.0. The second-order valence-electron chi connectivity index (χ2n) is 7.33. The number of allylic oxidation sites excluding steroid dienone is 1. The van der Waals surface area contributed by atoms with Crippen LogP contribution in [0.1, 0.15) is 34.7 Å². The Hall–Kier alpha value is -3.34. The molecule has 1 atom stereocenters. The Labute approximate surface area is 173 Å². The fraction of sp³-hybridized carbons (Fsp3) is 0.160. The van der Waals surface area contributed by atoms with Crippen LogP contribution in [0.15, 0.2) is 91.1 Å². The zero-order valence-electron chi connectivity index (χ0n) is 16.1. The molecule has 0 spiro atoms. The minimum Gasteiger partial charge on any atom is -0.365 e. The van der Waals surface area contributed by atoms with Gasteiger partial charge >= 0.3 is 6.18 Å². The van der Waals surface area contributed by atoms with Gasteiger partial charge in [-0.2, -0.15) is 13.2 Å². The number of halogens is 3. The van der Waals surface area contributed by atoms with Gasteiger partial charge in [0, 0.05) is 24.7 Å². The highest BCUT2D eigenvalue weighted by Gasteiger charge is 2.32. The minimum atomic E-state index is -4.40. The van der Waals surface area contributed by atoms with Crippen LogP contribution in [0, 0.1) is 0 Å². The van der Waals surface area contributed by atoms with Crippen LogP contribution in [0.2, 0.25) is 0 Å². The lowest BCUT2D eigenvalue weighted by Gasteiger charge is -2.35. The second kappa shape index (κ2) is 8.19. The predicted molar refractivity (Wildman–Crippen MR) is 110 cm³/mol. The largest absolute Gasteiger partial charge is 0.416 e. The summed E-state index contributed by atoms with van der Waals surface area (Å²) < 4.78 is 38.7. The average Bonchev–Trinajstić information content (AvgIpc) is 2.75. The SMILES string of the molecule is O=C1CC(c2ccccc2)N(Cc2ccccc2)C=C1c1ccc(C(F)(F)F)cc1. The van der Waals surface area contributed by atoms with E-state index in [-0.39, 0.29) is 18.2 Å². The van der Waals surface area contributed by atoms with E-state index < -0.39 is 11.7 Å². The molecule has 3 aromatic carbocycles. The third-order valence-electron chi connectivity index (χ3n) is 5.29. The van der Waals surface area contributed by atoms with E-state index in [2.05, 4.69) is 4.90 Å². The normalized spacial score (nSPS) is 17.0. The lowest BCUT2D eigenvalue weighted by Crippen LogP contribution is -2.30. The number of ketones is 1. The Morgan fingerprint density at radius 1 is 0.833 bits per heavy atom. The summed E-state index contributed by atoms with van der Waals surface area (Å²) in [5.41, 5.74) is 2.34. The number of alkyl halides is 3. The van der Waals surface area contributed by atoms with Crippen molar-refractivity contribution in [2.24, 2.45) is 0 Å². The van der Waals surface area contributed by atoms with E-state index in [0.717, 1.165) is 23.3 Å². The van der Waals surface area contributed by atoms with Crippen LogP contribution >= 0.6 is 0 Å². The fourth-order valence-electron chi connectivity index (χ4n) is 3.74. The van der Waals surface area contributed by atoms with Crippen molar-refractivity contribution in [3.63, 3.8) is 0 Å². The molecule has 3 aromatic rings. The molecular formula is C25H20F3NO. The molecule has 0 aliphatic carbocycles. The van der Waals surface area contributed by atoms with Crippen molar-refractivity contribution >= 4 is 11.4 Å². The molecule has 1 aliphatic rings. The number of carbonyl (C=O) groups is 1. The van der Waals surface area contributed by atoms with Gasteiger partial charge in [-0.3, -0.25) is 4.79 Å². The summed E-state index contributed by atoms with van der Waals surface area (Å²) in [5, 5.41) is 0. The molecule has 0 saturated heterocycles. The first-order valence-electron chi connectivity index (χ1n) is 9.69. The maximum Gasteiger partial charge on any atom is 0.416 e. The molecule has 0 radical (unpaired) electrons. The van der Waals surface area contributed by atoms with Crippen LogP contribution in [-0.4, -0.2) is 10.7 Å². The topological polar surface area (TPSA) is 20.3 Å². The Kier molecular flexibility index (Phi) is 5.44. The van der Waals surface area contributed by atoms with Gasteiger partial charge in [-0.25, -0.2) is 0 Å². The van der Waals surface area contributed by atoms with Crippen molar-refractivity contribution in [3.05, 3.63) is 113 Å². The smallest absolute Gasteiger partial charge is 0.365 e. The monoisotopic (exact) mass is 407 g/mol. The number of rotatable bonds is 4. The average molecular weight is 407 g/mol. The Morgan fingerprint density at radius 2 is 1.43 bits per heavy atom. The van der Waals surface area contributed by atoms with Crippen molar-refractivity contribution in [3.8, 4) is 0 Å². The highest BCUT2D eigenvalue weighted by atomic mass is 19.4. The van der Waals surface area contributed by atoms with E-state index in [1.165, 1.54) is 12.1 Å². The van der Waals surface area contributed by atoms with Crippen LogP contribution in [-0.2, 0) is 17.5 Å². The van der Waals surface area contributed by atoms with Gasteiger partial charge in [-0.1, -0.05) is 72.8 Å². The van der Waals surface area contributed by atoms with Gasteiger partial charge in [0.1, 0.15) is 0 Å². The van der Waals surface area contributed by atoms with E-state index in [1.54, 1.807) is 6.20 Å². The third-order valence-corrected chi connectivity index (χ3v) is 5.29. The summed E-state index contributed by atoms with van der Waals surface area (Å²) in [7, 11) is 0. The van der Waals surface area contributed by atoms with Crippen LogP contribution < -0.4 is 0 Å². The molecule has 1 aliphatic heterocycles. The molecule has 0 aromatic heterocycles. The Balaban J connectivity index is 1.71. The molecule has 4 rings (SSSR count). The number of benzene rings is 3. The van der Waals surface area contributed by atoms with Gasteiger partial charge in [0.05, 0.1) is 11.6 Å². The lowest BCUT2D eigenvalue weighted by molar-refractivity contribution is -0.137. The maximum absolute atomic E-state index is 12.9. The fourth-order valence-corrected chi connectivity index (χ4v) is 3.74. The van der Waals surface area contributed by atoms with Gasteiger partial charge in [-0.15, -0.1) is 0 Å². The molecule has 2 nitrogen and oxygen atoms in total. The van der Waals surface area contributed by atoms with E-state index in [9.17, 15) is 18.0 Å². The lowest BCUT2D eigenvalue weighted by atomic mass is 9.89. The Morgan fingerprint density at radius 3 is 2.03 bits per heavy atom. The maximum atomic E-state index is 12.9. The van der Waals surface area contributed by atoms with Gasteiger partial charge in [0.25, 0.3) is 0 Å². The molecule has 0 amide bonds. The Bertz CT molecular complexity index is 1040. The quantitative estimate of drug-likeness (QED) is 0.509. The number of nitrogens with zero attached hydrogens (tertiary/aromatic N) is 1. The second-order valence-corrected chi connectivity index (χ2v) is 7.33. The third kappa shape index (κ3) is 4.30. The van der Waals surface area contributed by atoms with Gasteiger partial charge in [-0.05, 0) is 28.8 Å². The zero-order valence-corrected chi connectivity index (χ0v) is 16.1. The van der Waals surface area contributed by atoms with E-state index in [4.69, 9.17) is 0 Å². The molecule has 5 heteroatoms. The van der Waals surface area contributed by atoms with Crippen LogP contribution in [0.4, 0.5) is 13.2 Å². The summed E-state index contributed by atoms with van der Waals surface area (Å²) in [4.78, 5) is 15.0. The minimum absolute atomic E-state index is 0.0760. The van der Waals surface area contributed by atoms with Crippen molar-refractivity contribution in [1.29, 1.82) is 0 Å². The van der Waals surface area contributed by atoms with Crippen LogP contribution in [0.5, 0.6) is 0 Å². The molecule has 1 unspecified atom stereocenters. The van der Waals surface area contributed by atoms with Gasteiger partial charge < -0.3 is 4.90 Å². The number of hydrogen-bond donors (Lipinski definition) is 0. The number of Topliss-reactive ketones (excluding diaryl/α,β-unsaturated/α-hetero) is 1. The van der Waals surface area contributed by atoms with Crippen molar-refractivity contribution in [1.82, 2.24) is 4.90 Å². The standard InChI is InChI=1S/C25H20F3NO/c26-25(27,28)21-13-11-19(12-14-21)22-17-29(16-18-7-3-1-4-8-18)23(15-24(22)30)20-9-5-2-6-10-20/h1-14,17,23H,15-16H2. The highest BCUT2D eigenvalue weighted by molar-refractivity contribution is 6.21. The first-order valence-corrected chi connectivity index (χ1v) is 9.69. The summed E-state index contributed by atoms with van der Waals surface area (Å²) >= 11 is 0. The van der Waals surface area contributed by atoms with Crippen LogP contribution in [0.3, 0.4) is 0 Å². The predicted octanol–water partition coefficient (Wildman–Crippen LogP) is 6.26. The molecule has 30 heavy (non-hydrogen) atoms. The summed E-state index contributed by atoms with van der Waals surface area (Å²) in [6.07, 6.45) is -2.34. The van der Waals surface area contributed by atoms with Gasteiger partial charge in [0.15, 0.2) is 5.78 Å². The molecular weight excluding hydrogens is 387 g/mol. The van der Waals surface area contributed by atoms with Gasteiger partial charge in [0.2, 0.25) is 0 Å². The molecule has 152 valence electrons. The summed E-state index contributed by atoms with van der Waals surface area (Å²) in [6.45, 7) is 0.595. The molecule has 0 N–H and O–H groups in total. The number of hydrogen-bond acceptors (Lipinski definition) is 2. The number of carbonyl (C=O) groups excluding carboxylic acids is 1. The van der Waals surface area contributed by atoms with Crippen molar-refractivity contribution in [2.45, 2.75) is 25.2 Å². The van der Waals surface area contributed by atoms with E-state index in [1.807, 2.05) is 60.7 Å². The molecule has 0 saturated carbocycles. The van der Waals surface area contributed by atoms with E-state index >= 15 is 0 Å². The first-order chi connectivity index (χ1) is 14.4. The zero-order chi connectivity index (χ0) is 21.1. The van der Waals surface area contributed by atoms with Crippen LogP contribution in [0.25, 0.3) is 5.57 Å². The van der Waals surface area contributed by atoms with E-state index in [0.29, 0.717) is 17.7 Å². The van der Waals surface area contributed by atoms with Crippen molar-refractivity contribution < 1.29 is 18.0 Å². The van der Waals surface area contributed by atoms with Crippen molar-refractivity contribution in [2.75, 3.05) is 0 Å². The molecule has 1 heterocycles. The molecule has 0 fully saturated rings.